The summed E-state index contributed by atoms with van der Waals surface area (Å²) in [4.78, 5) is 24.3. The van der Waals surface area contributed by atoms with Gasteiger partial charge in [-0.3, -0.25) is 9.59 Å². The van der Waals surface area contributed by atoms with Crippen LogP contribution in [0.4, 0.5) is 0 Å². The van der Waals surface area contributed by atoms with Crippen LogP contribution in [0.25, 0.3) is 0 Å². The minimum absolute atomic E-state index is 0.0618. The van der Waals surface area contributed by atoms with Gasteiger partial charge in [0.2, 0.25) is 0 Å². The maximum atomic E-state index is 12.2. The van der Waals surface area contributed by atoms with Crippen LogP contribution in [0.2, 0.25) is 0 Å². The number of hydrogen-bond donors (Lipinski definition) is 1. The van der Waals surface area contributed by atoms with E-state index in [0.717, 1.165) is 38.5 Å². The molecule has 0 aliphatic rings. The van der Waals surface area contributed by atoms with Crippen molar-refractivity contribution in [1.29, 1.82) is 0 Å². The average molecular weight is 707 g/mol. The normalized spacial score (nSPS) is 12.1. The predicted octanol–water partition coefficient (Wildman–Crippen LogP) is 14.1. The molecule has 0 aliphatic carbocycles. The molecule has 0 aliphatic heterocycles. The molecule has 0 unspecified atom stereocenters. The molecule has 296 valence electrons. The number of unbranched alkanes of at least 4 members (excludes halogenated alkanes) is 31. The lowest BCUT2D eigenvalue weighted by Crippen LogP contribution is -2.28. The van der Waals surface area contributed by atoms with Crippen LogP contribution in [0.1, 0.15) is 245 Å². The van der Waals surface area contributed by atoms with E-state index in [9.17, 15) is 14.7 Å². The second-order valence-electron chi connectivity index (χ2n) is 15.1. The molecule has 0 spiro atoms. The molecule has 0 saturated heterocycles. The highest BCUT2D eigenvalue weighted by Gasteiger charge is 2.16. The highest BCUT2D eigenvalue weighted by Crippen LogP contribution is 2.16. The Labute approximate surface area is 311 Å². The van der Waals surface area contributed by atoms with Gasteiger partial charge in [-0.1, -0.05) is 206 Å². The SMILES string of the molecule is CCCCCCCCC=CCCCCCCCCCC(=O)OC[C@H](CO)OC(=O)CCCCCCCCCCCCCCCCCCCCC. The van der Waals surface area contributed by atoms with Crippen LogP contribution >= 0.6 is 0 Å². The van der Waals surface area contributed by atoms with Crippen LogP contribution in [0.15, 0.2) is 12.2 Å². The Kier molecular flexibility index (Phi) is 40.9. The molecule has 1 N–H and O–H groups in total. The number of carbonyl (C=O) groups excluding carboxylic acids is 2. The molecule has 0 aromatic rings. The van der Waals surface area contributed by atoms with Gasteiger partial charge in [0.05, 0.1) is 6.61 Å². The van der Waals surface area contributed by atoms with E-state index in [2.05, 4.69) is 26.0 Å². The summed E-state index contributed by atoms with van der Waals surface area (Å²) in [5.74, 6) is -0.581. The third kappa shape index (κ3) is 39.4. The van der Waals surface area contributed by atoms with Gasteiger partial charge in [-0.15, -0.1) is 0 Å². The average Bonchev–Trinajstić information content (AvgIpc) is 3.12. The summed E-state index contributed by atoms with van der Waals surface area (Å²) in [6.45, 7) is 4.16. The standard InChI is InChI=1S/C45H86O5/c1-3-5-7-9-11-13-15-17-19-21-22-24-26-28-30-32-34-36-38-40-45(48)50-43(41-46)42-49-44(47)39-37-35-33-31-29-27-25-23-20-18-16-14-12-10-8-6-4-2/h18,20,43,46H,3-17,19,21-42H2,1-2H3/t43-/m0/s1. The topological polar surface area (TPSA) is 72.8 Å². The Morgan fingerprint density at radius 1 is 0.440 bits per heavy atom. The molecule has 50 heavy (non-hydrogen) atoms. The minimum atomic E-state index is -0.767. The summed E-state index contributed by atoms with van der Waals surface area (Å²) in [5.41, 5.74) is 0. The summed E-state index contributed by atoms with van der Waals surface area (Å²) < 4.78 is 10.6. The summed E-state index contributed by atoms with van der Waals surface area (Å²) in [7, 11) is 0. The zero-order valence-electron chi connectivity index (χ0n) is 33.7. The highest BCUT2D eigenvalue weighted by molar-refractivity contribution is 5.70. The second-order valence-corrected chi connectivity index (χ2v) is 15.1. The van der Waals surface area contributed by atoms with Crippen molar-refractivity contribution in [3.8, 4) is 0 Å². The quantitative estimate of drug-likeness (QED) is 0.0389. The second kappa shape index (κ2) is 42.1. The van der Waals surface area contributed by atoms with Crippen LogP contribution in [0.3, 0.4) is 0 Å². The maximum absolute atomic E-state index is 12.2. The molecule has 0 saturated carbocycles. The number of aliphatic hydroxyl groups excluding tert-OH is 1. The molecule has 0 rings (SSSR count). The fourth-order valence-corrected chi connectivity index (χ4v) is 6.67. The van der Waals surface area contributed by atoms with E-state index < -0.39 is 6.10 Å². The number of allylic oxidation sites excluding steroid dienone is 2. The fourth-order valence-electron chi connectivity index (χ4n) is 6.67. The predicted molar refractivity (Wildman–Crippen MR) is 215 cm³/mol. The molecule has 0 radical (unpaired) electrons. The van der Waals surface area contributed by atoms with Crippen molar-refractivity contribution in [3.05, 3.63) is 12.2 Å². The molecule has 5 heteroatoms. The van der Waals surface area contributed by atoms with Gasteiger partial charge >= 0.3 is 11.9 Å². The summed E-state index contributed by atoms with van der Waals surface area (Å²) in [6, 6.07) is 0. The Morgan fingerprint density at radius 3 is 1.08 bits per heavy atom. The monoisotopic (exact) mass is 707 g/mol. The summed E-state index contributed by atoms with van der Waals surface area (Å²) >= 11 is 0. The van der Waals surface area contributed by atoms with Crippen molar-refractivity contribution >= 4 is 11.9 Å². The van der Waals surface area contributed by atoms with Gasteiger partial charge in [0.25, 0.3) is 0 Å². The van der Waals surface area contributed by atoms with Gasteiger partial charge < -0.3 is 14.6 Å². The van der Waals surface area contributed by atoms with E-state index in [1.165, 1.54) is 180 Å². The Hall–Kier alpha value is -1.36. The van der Waals surface area contributed by atoms with Crippen LogP contribution in [-0.2, 0) is 19.1 Å². The maximum Gasteiger partial charge on any atom is 0.306 e. The first-order valence-electron chi connectivity index (χ1n) is 22.2. The van der Waals surface area contributed by atoms with E-state index in [-0.39, 0.29) is 25.2 Å². The number of carbonyl (C=O) groups is 2. The molecule has 5 nitrogen and oxygen atoms in total. The molecule has 0 fully saturated rings. The molecule has 0 heterocycles. The van der Waals surface area contributed by atoms with E-state index in [1.807, 2.05) is 0 Å². The van der Waals surface area contributed by atoms with Crippen molar-refractivity contribution in [1.82, 2.24) is 0 Å². The Morgan fingerprint density at radius 2 is 0.740 bits per heavy atom. The van der Waals surface area contributed by atoms with Gasteiger partial charge in [-0.25, -0.2) is 0 Å². The number of esters is 2. The number of aliphatic hydroxyl groups is 1. The summed E-state index contributed by atoms with van der Waals surface area (Å²) in [5, 5.41) is 9.58. The van der Waals surface area contributed by atoms with E-state index in [0.29, 0.717) is 12.8 Å². The first-order valence-corrected chi connectivity index (χ1v) is 22.2. The van der Waals surface area contributed by atoms with Gasteiger partial charge in [-0.05, 0) is 38.5 Å². The van der Waals surface area contributed by atoms with Gasteiger partial charge in [0, 0.05) is 12.8 Å². The number of rotatable bonds is 41. The first kappa shape index (κ1) is 48.6. The molecular weight excluding hydrogens is 620 g/mol. The summed E-state index contributed by atoms with van der Waals surface area (Å²) in [6.07, 6.45) is 48.5. The largest absolute Gasteiger partial charge is 0.462 e. The highest BCUT2D eigenvalue weighted by atomic mass is 16.6. The van der Waals surface area contributed by atoms with Crippen molar-refractivity contribution in [2.45, 2.75) is 251 Å². The zero-order valence-corrected chi connectivity index (χ0v) is 33.7. The lowest BCUT2D eigenvalue weighted by atomic mass is 10.0. The van der Waals surface area contributed by atoms with Crippen molar-refractivity contribution < 1.29 is 24.2 Å². The first-order chi connectivity index (χ1) is 24.6. The van der Waals surface area contributed by atoms with Crippen LogP contribution < -0.4 is 0 Å². The van der Waals surface area contributed by atoms with E-state index >= 15 is 0 Å². The van der Waals surface area contributed by atoms with Crippen molar-refractivity contribution in [2.24, 2.45) is 0 Å². The number of ether oxygens (including phenoxy) is 2. The zero-order chi connectivity index (χ0) is 36.4. The molecule has 1 atom stereocenters. The molecule has 0 aromatic carbocycles. The van der Waals surface area contributed by atoms with Gasteiger partial charge in [0.1, 0.15) is 6.61 Å². The lowest BCUT2D eigenvalue weighted by Gasteiger charge is -2.15. The van der Waals surface area contributed by atoms with Crippen LogP contribution in [-0.4, -0.2) is 36.4 Å². The van der Waals surface area contributed by atoms with Crippen molar-refractivity contribution in [3.63, 3.8) is 0 Å². The fraction of sp³-hybridized carbons (Fsp3) is 0.911. The third-order valence-corrected chi connectivity index (χ3v) is 10.1. The van der Waals surface area contributed by atoms with Crippen molar-refractivity contribution in [2.75, 3.05) is 13.2 Å². The van der Waals surface area contributed by atoms with E-state index in [1.54, 1.807) is 0 Å². The van der Waals surface area contributed by atoms with Crippen LogP contribution in [0, 0.1) is 0 Å². The third-order valence-electron chi connectivity index (χ3n) is 10.1. The lowest BCUT2D eigenvalue weighted by molar-refractivity contribution is -0.161. The van der Waals surface area contributed by atoms with Gasteiger partial charge in [0.15, 0.2) is 6.10 Å². The molecule has 0 amide bonds. The van der Waals surface area contributed by atoms with E-state index in [4.69, 9.17) is 9.47 Å². The minimum Gasteiger partial charge on any atom is -0.462 e. The Bertz CT molecular complexity index is 720. The molecule has 0 bridgehead atoms. The smallest absolute Gasteiger partial charge is 0.306 e. The molecule has 0 aromatic heterocycles. The molecular formula is C45H86O5. The van der Waals surface area contributed by atoms with Gasteiger partial charge in [-0.2, -0.15) is 0 Å². The Balaban J connectivity index is 3.48. The van der Waals surface area contributed by atoms with Crippen LogP contribution in [0.5, 0.6) is 0 Å². The number of hydrogen-bond acceptors (Lipinski definition) is 5.